The molecule has 0 bridgehead atoms. The van der Waals surface area contributed by atoms with E-state index >= 15 is 0 Å². The first-order valence-electron chi connectivity index (χ1n) is 17.5. The number of hydrogen-bond acceptors (Lipinski definition) is 3. The Bertz CT molecular complexity index is 3030. The highest BCUT2D eigenvalue weighted by molar-refractivity contribution is 7.26. The maximum absolute atomic E-state index is 5.59. The van der Waals surface area contributed by atoms with Crippen molar-refractivity contribution in [1.82, 2.24) is 9.97 Å². The van der Waals surface area contributed by atoms with Crippen molar-refractivity contribution in [2.75, 3.05) is 0 Å². The summed E-state index contributed by atoms with van der Waals surface area (Å²) in [5, 5.41) is 8.87. The molecule has 238 valence electrons. The van der Waals surface area contributed by atoms with Gasteiger partial charge in [0.1, 0.15) is 5.82 Å². The lowest BCUT2D eigenvalue weighted by Crippen LogP contribution is -2.26. The van der Waals surface area contributed by atoms with E-state index in [1.165, 1.54) is 75.1 Å². The van der Waals surface area contributed by atoms with E-state index in [1.54, 1.807) is 0 Å². The fraction of sp³-hybridized carbons (Fsp3) is 0.0417. The van der Waals surface area contributed by atoms with Crippen LogP contribution in [0.3, 0.4) is 0 Å². The van der Waals surface area contributed by atoms with Crippen LogP contribution in [0, 0.1) is 0 Å². The Morgan fingerprint density at radius 1 is 0.490 bits per heavy atom. The van der Waals surface area contributed by atoms with Crippen molar-refractivity contribution in [2.24, 2.45) is 0 Å². The first-order chi connectivity index (χ1) is 25.2. The first-order valence-corrected chi connectivity index (χ1v) is 18.3. The Labute approximate surface area is 299 Å². The van der Waals surface area contributed by atoms with Gasteiger partial charge in [0.25, 0.3) is 0 Å². The number of hydrogen-bond donors (Lipinski definition) is 0. The second-order valence-corrected chi connectivity index (χ2v) is 14.8. The van der Waals surface area contributed by atoms with Crippen molar-refractivity contribution in [3.8, 4) is 33.5 Å². The van der Waals surface area contributed by atoms with E-state index in [1.807, 2.05) is 11.3 Å². The number of fused-ring (bicyclic) bond motifs is 13. The zero-order valence-electron chi connectivity index (χ0n) is 27.9. The van der Waals surface area contributed by atoms with Crippen LogP contribution >= 0.6 is 11.3 Å². The van der Waals surface area contributed by atoms with Crippen LogP contribution in [-0.4, -0.2) is 9.97 Å². The van der Waals surface area contributed by atoms with E-state index in [4.69, 9.17) is 9.97 Å². The maximum atomic E-state index is 5.59. The van der Waals surface area contributed by atoms with Gasteiger partial charge in [-0.25, -0.2) is 9.97 Å². The quantitative estimate of drug-likeness (QED) is 0.188. The van der Waals surface area contributed by atoms with Gasteiger partial charge in [-0.15, -0.1) is 11.3 Å². The van der Waals surface area contributed by atoms with Crippen LogP contribution in [-0.2, 0) is 5.41 Å². The third-order valence-electron chi connectivity index (χ3n) is 11.1. The molecule has 0 N–H and O–H groups in total. The molecule has 0 aliphatic heterocycles. The average Bonchev–Trinajstić information content (AvgIpc) is 3.73. The summed E-state index contributed by atoms with van der Waals surface area (Å²) in [5.74, 6) is 0.825. The Morgan fingerprint density at radius 3 is 1.98 bits per heavy atom. The molecule has 10 aromatic rings. The second-order valence-electron chi connectivity index (χ2n) is 13.8. The number of nitrogens with zero attached hydrogens (tertiary/aromatic N) is 2. The van der Waals surface area contributed by atoms with Gasteiger partial charge in [-0.3, -0.25) is 0 Å². The van der Waals surface area contributed by atoms with Crippen LogP contribution in [0.5, 0.6) is 0 Å². The molecular weight excluding hydrogens is 637 g/mol. The van der Waals surface area contributed by atoms with E-state index in [2.05, 4.69) is 171 Å². The van der Waals surface area contributed by atoms with Gasteiger partial charge in [0.05, 0.1) is 16.6 Å². The molecule has 51 heavy (non-hydrogen) atoms. The molecule has 0 spiro atoms. The van der Waals surface area contributed by atoms with Gasteiger partial charge < -0.3 is 0 Å². The molecular formula is C48H30N2S. The zero-order chi connectivity index (χ0) is 33.7. The third-order valence-corrected chi connectivity index (χ3v) is 12.2. The smallest absolute Gasteiger partial charge is 0.144 e. The minimum Gasteiger partial charge on any atom is -0.232 e. The van der Waals surface area contributed by atoms with E-state index in [0.29, 0.717) is 0 Å². The molecule has 0 amide bonds. The van der Waals surface area contributed by atoms with Crippen molar-refractivity contribution in [3.63, 3.8) is 0 Å². The monoisotopic (exact) mass is 666 g/mol. The molecule has 2 aromatic heterocycles. The molecule has 1 atom stereocenters. The lowest BCUT2D eigenvalue weighted by atomic mass is 9.76. The minimum absolute atomic E-state index is 0.597. The Kier molecular flexibility index (Phi) is 5.99. The summed E-state index contributed by atoms with van der Waals surface area (Å²) < 4.78 is 2.65. The third kappa shape index (κ3) is 3.98. The van der Waals surface area contributed by atoms with Crippen LogP contribution in [0.15, 0.2) is 164 Å². The van der Waals surface area contributed by atoms with Crippen LogP contribution in [0.4, 0.5) is 0 Å². The molecule has 11 rings (SSSR count). The highest BCUT2D eigenvalue weighted by atomic mass is 32.1. The summed E-state index contributed by atoms with van der Waals surface area (Å²) in [5.41, 5.74) is 9.93. The SMILES string of the molecule is CC1(c2nc(-c3ccc(-c4ccccc4)cc3)c3ccccc3n2)c2ccccc2-c2c1c1ccccc1c1c2sc2ccc3ccccc3c21. The normalized spacial score (nSPS) is 15.2. The molecule has 3 heteroatoms. The molecule has 1 aliphatic rings. The molecule has 0 fully saturated rings. The molecule has 2 nitrogen and oxygen atoms in total. The Balaban J connectivity index is 1.23. The summed E-state index contributed by atoms with van der Waals surface area (Å²) in [6.07, 6.45) is 0. The van der Waals surface area contributed by atoms with Gasteiger partial charge in [0.2, 0.25) is 0 Å². The van der Waals surface area contributed by atoms with E-state index < -0.39 is 5.41 Å². The minimum atomic E-state index is -0.597. The zero-order valence-corrected chi connectivity index (χ0v) is 28.7. The number of para-hydroxylation sites is 1. The van der Waals surface area contributed by atoms with E-state index in [0.717, 1.165) is 28.0 Å². The predicted octanol–water partition coefficient (Wildman–Crippen LogP) is 13.0. The van der Waals surface area contributed by atoms with Gasteiger partial charge in [-0.1, -0.05) is 152 Å². The number of benzene rings is 8. The van der Waals surface area contributed by atoms with Gasteiger partial charge in [0.15, 0.2) is 0 Å². The molecule has 0 saturated carbocycles. The van der Waals surface area contributed by atoms with Crippen molar-refractivity contribution in [2.45, 2.75) is 12.3 Å². The van der Waals surface area contributed by atoms with Gasteiger partial charge in [-0.2, -0.15) is 0 Å². The fourth-order valence-electron chi connectivity index (χ4n) is 8.72. The standard InChI is InChI=1S/C48H30N2S/c1-48(47-49-39-22-12-10-20-37(39)45(50-47)32-25-23-30(24-26-32)29-13-3-2-4-14-29)38-21-11-9-19-36(38)43-44(48)35-18-8-7-17-34(35)42-41-33-16-6-5-15-31(33)27-28-40(41)51-46(42)43/h2-28H,1H3. The molecule has 0 radical (unpaired) electrons. The lowest BCUT2D eigenvalue weighted by Gasteiger charge is -2.28. The highest BCUT2D eigenvalue weighted by Crippen LogP contribution is 2.59. The van der Waals surface area contributed by atoms with E-state index in [9.17, 15) is 0 Å². The second kappa shape index (κ2) is 10.7. The summed E-state index contributed by atoms with van der Waals surface area (Å²) >= 11 is 1.92. The van der Waals surface area contributed by atoms with Crippen molar-refractivity contribution in [3.05, 3.63) is 181 Å². The maximum Gasteiger partial charge on any atom is 0.144 e. The van der Waals surface area contributed by atoms with Crippen molar-refractivity contribution < 1.29 is 0 Å². The molecule has 8 aromatic carbocycles. The summed E-state index contributed by atoms with van der Waals surface area (Å²) in [6, 6.07) is 59.2. The van der Waals surface area contributed by atoms with Gasteiger partial charge >= 0.3 is 0 Å². The highest BCUT2D eigenvalue weighted by Gasteiger charge is 2.46. The Morgan fingerprint density at radius 2 is 1.14 bits per heavy atom. The number of aromatic nitrogens is 2. The summed E-state index contributed by atoms with van der Waals surface area (Å²) in [6.45, 7) is 2.35. The van der Waals surface area contributed by atoms with Gasteiger partial charge in [0, 0.05) is 36.7 Å². The predicted molar refractivity (Wildman–Crippen MR) is 216 cm³/mol. The molecule has 2 heterocycles. The summed E-state index contributed by atoms with van der Waals surface area (Å²) in [4.78, 5) is 11.0. The first kappa shape index (κ1) is 28.7. The average molecular weight is 667 g/mol. The number of rotatable bonds is 3. The fourth-order valence-corrected chi connectivity index (χ4v) is 10.0. The largest absolute Gasteiger partial charge is 0.232 e. The van der Waals surface area contributed by atoms with Crippen LogP contribution in [0.1, 0.15) is 23.9 Å². The number of thiophene rings is 1. The molecule has 1 aliphatic carbocycles. The van der Waals surface area contributed by atoms with Gasteiger partial charge in [-0.05, 0) is 68.4 Å². The summed E-state index contributed by atoms with van der Waals surface area (Å²) in [7, 11) is 0. The van der Waals surface area contributed by atoms with Crippen molar-refractivity contribution in [1.29, 1.82) is 0 Å². The Hall–Kier alpha value is -6.16. The van der Waals surface area contributed by atoms with E-state index in [-0.39, 0.29) is 0 Å². The van der Waals surface area contributed by atoms with Crippen LogP contribution in [0.25, 0.3) is 86.1 Å². The van der Waals surface area contributed by atoms with Crippen LogP contribution in [0.2, 0.25) is 0 Å². The van der Waals surface area contributed by atoms with Crippen molar-refractivity contribution >= 4 is 64.0 Å². The molecule has 1 unspecified atom stereocenters. The molecule has 0 saturated heterocycles. The lowest BCUT2D eigenvalue weighted by molar-refractivity contribution is 0.663. The van der Waals surface area contributed by atoms with Crippen LogP contribution < -0.4 is 0 Å². The topological polar surface area (TPSA) is 25.8 Å².